The molecule has 0 bridgehead atoms. The van der Waals surface area contributed by atoms with Gasteiger partial charge in [0.1, 0.15) is 11.4 Å². The van der Waals surface area contributed by atoms with Crippen molar-refractivity contribution in [2.75, 3.05) is 44.0 Å². The topological polar surface area (TPSA) is 78.9 Å². The summed E-state index contributed by atoms with van der Waals surface area (Å²) in [5, 5.41) is 7.20. The number of carbonyl (C=O) groups excluding carboxylic acids is 1. The summed E-state index contributed by atoms with van der Waals surface area (Å²) in [6, 6.07) is 11.8. The van der Waals surface area contributed by atoms with E-state index in [-0.39, 0.29) is 5.91 Å². The lowest BCUT2D eigenvalue weighted by Crippen LogP contribution is -2.62. The van der Waals surface area contributed by atoms with Crippen molar-refractivity contribution in [1.29, 1.82) is 0 Å². The van der Waals surface area contributed by atoms with Crippen molar-refractivity contribution in [3.05, 3.63) is 53.9 Å². The molecule has 1 aromatic carbocycles. The third kappa shape index (κ3) is 3.96. The predicted molar refractivity (Wildman–Crippen MR) is 115 cm³/mol. The molecule has 29 heavy (non-hydrogen) atoms. The minimum atomic E-state index is -0.436. The van der Waals surface area contributed by atoms with Gasteiger partial charge in [-0.05, 0) is 44.0 Å². The highest BCUT2D eigenvalue weighted by Gasteiger charge is 2.44. The summed E-state index contributed by atoms with van der Waals surface area (Å²) in [4.78, 5) is 24.1. The Kier molecular flexibility index (Phi) is 5.49. The van der Waals surface area contributed by atoms with E-state index in [0.717, 1.165) is 42.3 Å². The highest BCUT2D eigenvalue weighted by Crippen LogP contribution is 2.36. The smallest absolute Gasteiger partial charge is 0.255 e. The highest BCUT2D eigenvalue weighted by atomic mass is 16.5. The first kappa shape index (κ1) is 19.4. The lowest BCUT2D eigenvalue weighted by atomic mass is 9.85. The second kappa shape index (κ2) is 8.21. The molecule has 4 rings (SSSR count). The number of para-hydroxylation sites is 2. The van der Waals surface area contributed by atoms with E-state index < -0.39 is 5.54 Å². The standard InChI is InChI=1S/C22H27N5O2/c1-16-8-9-17(14-24-16)20(28)27-12-5-10-22(15-27)21(23-11-13-29-2)25-18-6-3-4-7-19(18)26-22/h3-4,6-9,14,26H,5,10-13,15H2,1-2H3,(H,23,25)/t22-/m0/s1. The van der Waals surface area contributed by atoms with Crippen LogP contribution in [0.3, 0.4) is 0 Å². The van der Waals surface area contributed by atoms with Gasteiger partial charge in [-0.25, -0.2) is 0 Å². The van der Waals surface area contributed by atoms with Gasteiger partial charge in [0, 0.05) is 25.5 Å². The van der Waals surface area contributed by atoms with E-state index in [4.69, 9.17) is 9.73 Å². The zero-order valence-electron chi connectivity index (χ0n) is 16.9. The van der Waals surface area contributed by atoms with Crippen molar-refractivity contribution < 1.29 is 9.53 Å². The number of aromatic nitrogens is 1. The number of amides is 1. The lowest BCUT2D eigenvalue weighted by Gasteiger charge is -2.47. The first-order valence-corrected chi connectivity index (χ1v) is 10.0. The number of nitrogens with zero attached hydrogens (tertiary/aromatic N) is 3. The number of aliphatic imine (C=N–C) groups is 1. The van der Waals surface area contributed by atoms with Gasteiger partial charge < -0.3 is 20.3 Å². The molecule has 1 amide bonds. The van der Waals surface area contributed by atoms with E-state index in [0.29, 0.717) is 25.3 Å². The number of aryl methyl sites for hydroxylation is 1. The molecular weight excluding hydrogens is 366 g/mol. The predicted octanol–water partition coefficient (Wildman–Crippen LogP) is 2.95. The minimum Gasteiger partial charge on any atom is -0.383 e. The Morgan fingerprint density at radius 1 is 1.28 bits per heavy atom. The monoisotopic (exact) mass is 393 g/mol. The number of nitrogens with one attached hydrogen (secondary N) is 2. The largest absolute Gasteiger partial charge is 0.383 e. The Balaban J connectivity index is 1.63. The Hall–Kier alpha value is -2.93. The molecule has 2 aromatic rings. The molecule has 0 saturated carbocycles. The number of pyridine rings is 1. The summed E-state index contributed by atoms with van der Waals surface area (Å²) in [5.41, 5.74) is 3.12. The first-order valence-electron chi connectivity index (χ1n) is 10.0. The zero-order chi connectivity index (χ0) is 20.3. The number of hydrogen-bond acceptors (Lipinski definition) is 5. The van der Waals surface area contributed by atoms with Crippen LogP contribution < -0.4 is 10.6 Å². The van der Waals surface area contributed by atoms with Crippen molar-refractivity contribution in [1.82, 2.24) is 9.88 Å². The Morgan fingerprint density at radius 3 is 2.86 bits per heavy atom. The average Bonchev–Trinajstić information content (AvgIpc) is 2.74. The maximum Gasteiger partial charge on any atom is 0.255 e. The summed E-state index contributed by atoms with van der Waals surface area (Å²) in [7, 11) is 1.68. The van der Waals surface area contributed by atoms with Crippen LogP contribution in [0.1, 0.15) is 28.9 Å². The molecule has 152 valence electrons. The third-order valence-electron chi connectivity index (χ3n) is 5.51. The lowest BCUT2D eigenvalue weighted by molar-refractivity contribution is 0.0694. The van der Waals surface area contributed by atoms with Crippen molar-refractivity contribution in [2.24, 2.45) is 4.99 Å². The van der Waals surface area contributed by atoms with Crippen LogP contribution >= 0.6 is 0 Å². The molecule has 0 unspecified atom stereocenters. The molecule has 1 fully saturated rings. The number of hydrogen-bond donors (Lipinski definition) is 2. The Labute approximate surface area is 171 Å². The molecular formula is C22H27N5O2. The SMILES string of the molecule is COCCN=C1Nc2ccccc2N[C@]12CCCN(C(=O)c1ccc(C)nc1)C2. The van der Waals surface area contributed by atoms with E-state index in [1.54, 1.807) is 13.3 Å². The first-order chi connectivity index (χ1) is 14.1. The van der Waals surface area contributed by atoms with Crippen LogP contribution in [0.5, 0.6) is 0 Å². The van der Waals surface area contributed by atoms with Crippen LogP contribution in [0, 0.1) is 6.92 Å². The number of anilines is 2. The van der Waals surface area contributed by atoms with E-state index in [1.807, 2.05) is 42.2 Å². The molecule has 1 spiro atoms. The molecule has 3 heterocycles. The molecule has 1 atom stereocenters. The maximum absolute atomic E-state index is 13.1. The van der Waals surface area contributed by atoms with Gasteiger partial charge in [0.2, 0.25) is 0 Å². The molecule has 2 aliphatic heterocycles. The van der Waals surface area contributed by atoms with Crippen molar-refractivity contribution in [2.45, 2.75) is 25.3 Å². The fourth-order valence-corrected chi connectivity index (χ4v) is 4.01. The molecule has 7 nitrogen and oxygen atoms in total. The van der Waals surface area contributed by atoms with Crippen molar-refractivity contribution >= 4 is 23.1 Å². The summed E-state index contributed by atoms with van der Waals surface area (Å²) in [6.45, 7) is 4.32. The number of rotatable bonds is 4. The normalized spacial score (nSPS) is 22.1. The second-order valence-electron chi connectivity index (χ2n) is 7.62. The summed E-state index contributed by atoms with van der Waals surface area (Å²) in [6.07, 6.45) is 3.45. The second-order valence-corrected chi connectivity index (χ2v) is 7.62. The van der Waals surface area contributed by atoms with Crippen molar-refractivity contribution in [3.8, 4) is 0 Å². The molecule has 7 heteroatoms. The van der Waals surface area contributed by atoms with Crippen LogP contribution in [0.15, 0.2) is 47.6 Å². The maximum atomic E-state index is 13.1. The van der Waals surface area contributed by atoms with Crippen LogP contribution in [0.4, 0.5) is 11.4 Å². The van der Waals surface area contributed by atoms with Gasteiger partial charge in [-0.1, -0.05) is 12.1 Å². The Bertz CT molecular complexity index is 912. The fraction of sp³-hybridized carbons (Fsp3) is 0.409. The van der Waals surface area contributed by atoms with Crippen LogP contribution in [0.25, 0.3) is 0 Å². The summed E-state index contributed by atoms with van der Waals surface area (Å²) >= 11 is 0. The number of piperidine rings is 1. The molecule has 2 N–H and O–H groups in total. The van der Waals surface area contributed by atoms with Gasteiger partial charge in [-0.2, -0.15) is 0 Å². The number of amidine groups is 1. The average molecular weight is 393 g/mol. The highest BCUT2D eigenvalue weighted by molar-refractivity contribution is 6.10. The van der Waals surface area contributed by atoms with Crippen LogP contribution in [0.2, 0.25) is 0 Å². The van der Waals surface area contributed by atoms with E-state index in [9.17, 15) is 4.79 Å². The number of ether oxygens (including phenoxy) is 1. The molecule has 1 aromatic heterocycles. The molecule has 0 aliphatic carbocycles. The van der Waals surface area contributed by atoms with Gasteiger partial charge in [0.05, 0.1) is 36.6 Å². The van der Waals surface area contributed by atoms with E-state index in [1.165, 1.54) is 0 Å². The molecule has 1 saturated heterocycles. The summed E-state index contributed by atoms with van der Waals surface area (Å²) in [5.74, 6) is 0.876. The number of fused-ring (bicyclic) bond motifs is 1. The Morgan fingerprint density at radius 2 is 2.10 bits per heavy atom. The van der Waals surface area contributed by atoms with E-state index >= 15 is 0 Å². The minimum absolute atomic E-state index is 0.00785. The van der Waals surface area contributed by atoms with E-state index in [2.05, 4.69) is 21.7 Å². The zero-order valence-corrected chi connectivity index (χ0v) is 16.9. The number of benzene rings is 1. The van der Waals surface area contributed by atoms with Gasteiger partial charge in [-0.15, -0.1) is 0 Å². The van der Waals surface area contributed by atoms with Crippen molar-refractivity contribution in [3.63, 3.8) is 0 Å². The van der Waals surface area contributed by atoms with Crippen LogP contribution in [-0.2, 0) is 4.74 Å². The number of carbonyl (C=O) groups is 1. The van der Waals surface area contributed by atoms with Gasteiger partial charge in [0.15, 0.2) is 0 Å². The van der Waals surface area contributed by atoms with Crippen LogP contribution in [-0.4, -0.2) is 60.5 Å². The molecule has 2 aliphatic rings. The van der Waals surface area contributed by atoms with Gasteiger partial charge in [-0.3, -0.25) is 14.8 Å². The third-order valence-corrected chi connectivity index (χ3v) is 5.51. The molecule has 0 radical (unpaired) electrons. The van der Waals surface area contributed by atoms with Gasteiger partial charge in [0.25, 0.3) is 5.91 Å². The number of likely N-dealkylation sites (tertiary alicyclic amines) is 1. The quantitative estimate of drug-likeness (QED) is 0.781. The fourth-order valence-electron chi connectivity index (χ4n) is 4.01. The summed E-state index contributed by atoms with van der Waals surface area (Å²) < 4.78 is 5.18. The van der Waals surface area contributed by atoms with Gasteiger partial charge >= 0.3 is 0 Å². The number of methoxy groups -OCH3 is 1.